The maximum atomic E-state index is 12.9. The average Bonchev–Trinajstić information content (AvgIpc) is 3.11. The predicted molar refractivity (Wildman–Crippen MR) is 97.3 cm³/mol. The van der Waals surface area contributed by atoms with Crippen molar-refractivity contribution in [2.75, 3.05) is 13.1 Å². The molecule has 25 heavy (non-hydrogen) atoms. The number of aryl methyl sites for hydroxylation is 2. The smallest absolute Gasteiger partial charge is 0.243 e. The Morgan fingerprint density at radius 2 is 1.64 bits per heavy atom. The molecule has 0 unspecified atom stereocenters. The van der Waals surface area contributed by atoms with Gasteiger partial charge >= 0.3 is 0 Å². The molecule has 0 saturated carbocycles. The molecule has 0 amide bonds. The first-order valence-electron chi connectivity index (χ1n) is 8.96. The maximum absolute atomic E-state index is 12.9. The number of nitrogens with zero attached hydrogens (tertiary/aromatic N) is 1. The molecule has 4 nitrogen and oxygen atoms in total. The van der Waals surface area contributed by atoms with Crippen LogP contribution in [0.4, 0.5) is 0 Å². The van der Waals surface area contributed by atoms with Crippen molar-refractivity contribution in [3.05, 3.63) is 59.7 Å². The molecule has 0 bridgehead atoms. The second kappa shape index (κ2) is 6.81. The van der Waals surface area contributed by atoms with Crippen molar-refractivity contribution in [1.82, 2.24) is 4.31 Å². The van der Waals surface area contributed by atoms with Crippen molar-refractivity contribution in [1.29, 1.82) is 0 Å². The number of ether oxygens (including phenoxy) is 1. The summed E-state index contributed by atoms with van der Waals surface area (Å²) in [7, 11) is -3.40. The summed E-state index contributed by atoms with van der Waals surface area (Å²) in [5, 5.41) is 0. The molecular weight excluding hydrogens is 334 g/mol. The summed E-state index contributed by atoms with van der Waals surface area (Å²) < 4.78 is 33.4. The maximum Gasteiger partial charge on any atom is 0.243 e. The van der Waals surface area contributed by atoms with E-state index in [9.17, 15) is 8.42 Å². The zero-order chi connectivity index (χ0) is 17.3. The number of hydrogen-bond donors (Lipinski definition) is 0. The molecule has 1 saturated heterocycles. The van der Waals surface area contributed by atoms with Gasteiger partial charge in [0.25, 0.3) is 0 Å². The van der Waals surface area contributed by atoms with Crippen LogP contribution in [0.5, 0.6) is 5.75 Å². The number of hydrogen-bond acceptors (Lipinski definition) is 3. The van der Waals surface area contributed by atoms with E-state index in [1.54, 1.807) is 10.4 Å². The van der Waals surface area contributed by atoms with Crippen LogP contribution in [0.2, 0.25) is 0 Å². The van der Waals surface area contributed by atoms with Crippen LogP contribution in [0.1, 0.15) is 30.4 Å². The average molecular weight is 357 g/mol. The van der Waals surface area contributed by atoms with Crippen LogP contribution < -0.4 is 4.74 Å². The van der Waals surface area contributed by atoms with Gasteiger partial charge in [0.2, 0.25) is 10.0 Å². The molecule has 0 atom stereocenters. The molecule has 5 heteroatoms. The van der Waals surface area contributed by atoms with Crippen LogP contribution in [-0.2, 0) is 22.9 Å². The fraction of sp³-hybridized carbons (Fsp3) is 0.400. The van der Waals surface area contributed by atoms with Gasteiger partial charge in [0.05, 0.1) is 4.90 Å². The molecular formula is C20H23NO3S. The highest BCUT2D eigenvalue weighted by Crippen LogP contribution is 2.28. The Hall–Kier alpha value is -1.85. The summed E-state index contributed by atoms with van der Waals surface area (Å²) in [6.45, 7) is 1.02. The van der Waals surface area contributed by atoms with Crippen molar-refractivity contribution in [3.8, 4) is 5.75 Å². The Labute approximate surface area is 149 Å². The molecule has 4 rings (SSSR count). The van der Waals surface area contributed by atoms with Crippen LogP contribution in [0.15, 0.2) is 53.4 Å². The van der Waals surface area contributed by atoms with Gasteiger partial charge in [-0.25, -0.2) is 8.42 Å². The van der Waals surface area contributed by atoms with Gasteiger partial charge in [0.15, 0.2) is 0 Å². The number of rotatable bonds is 4. The van der Waals surface area contributed by atoms with Crippen molar-refractivity contribution < 1.29 is 13.2 Å². The van der Waals surface area contributed by atoms with Crippen LogP contribution >= 0.6 is 0 Å². The molecule has 0 N–H and O–H groups in total. The van der Waals surface area contributed by atoms with Crippen LogP contribution in [0, 0.1) is 0 Å². The largest absolute Gasteiger partial charge is 0.490 e. The highest BCUT2D eigenvalue weighted by atomic mass is 32.2. The molecule has 1 aliphatic carbocycles. The third-order valence-corrected chi connectivity index (χ3v) is 7.05. The quantitative estimate of drug-likeness (QED) is 0.842. The Kier molecular flexibility index (Phi) is 4.52. The molecule has 0 spiro atoms. The number of fused-ring (bicyclic) bond motifs is 1. The van der Waals surface area contributed by atoms with Crippen molar-refractivity contribution in [3.63, 3.8) is 0 Å². The molecule has 1 aliphatic heterocycles. The van der Waals surface area contributed by atoms with E-state index >= 15 is 0 Å². The lowest BCUT2D eigenvalue weighted by Gasteiger charge is -2.31. The second-order valence-corrected chi connectivity index (χ2v) is 8.76. The zero-order valence-corrected chi connectivity index (χ0v) is 15.0. The molecule has 0 radical (unpaired) electrons. The molecule has 1 fully saturated rings. The van der Waals surface area contributed by atoms with Crippen molar-refractivity contribution >= 4 is 10.0 Å². The Balaban J connectivity index is 1.43. The normalized spacial score (nSPS) is 18.9. The third kappa shape index (κ3) is 3.44. The van der Waals surface area contributed by atoms with Gasteiger partial charge in [-0.1, -0.05) is 24.3 Å². The molecule has 0 aromatic heterocycles. The number of piperidine rings is 1. The van der Waals surface area contributed by atoms with Gasteiger partial charge in [-0.2, -0.15) is 4.31 Å². The number of benzene rings is 2. The topological polar surface area (TPSA) is 46.6 Å². The fourth-order valence-electron chi connectivity index (χ4n) is 3.74. The second-order valence-electron chi connectivity index (χ2n) is 6.82. The Morgan fingerprint density at radius 3 is 2.40 bits per heavy atom. The number of para-hydroxylation sites is 1. The standard InChI is InChI=1S/C20H23NO3S/c22-25(23,20-10-9-16-5-4-6-17(16)15-20)21-13-11-19(12-14-21)24-18-7-2-1-3-8-18/h1-3,7-10,15,19H,4-6,11-14H2. The van der Waals surface area contributed by atoms with E-state index in [1.807, 2.05) is 42.5 Å². The summed E-state index contributed by atoms with van der Waals surface area (Å²) in [6.07, 6.45) is 4.71. The summed E-state index contributed by atoms with van der Waals surface area (Å²) in [5.74, 6) is 0.849. The Bertz CT molecular complexity index is 840. The molecule has 2 aliphatic rings. The lowest BCUT2D eigenvalue weighted by atomic mass is 10.1. The summed E-state index contributed by atoms with van der Waals surface area (Å²) in [5.41, 5.74) is 2.50. The minimum absolute atomic E-state index is 0.0777. The number of sulfonamides is 1. The summed E-state index contributed by atoms with van der Waals surface area (Å²) >= 11 is 0. The monoisotopic (exact) mass is 357 g/mol. The van der Waals surface area contributed by atoms with Gasteiger partial charge < -0.3 is 4.74 Å². The first-order valence-corrected chi connectivity index (χ1v) is 10.4. The van der Waals surface area contributed by atoms with E-state index in [2.05, 4.69) is 0 Å². The SMILES string of the molecule is O=S(=O)(c1ccc2c(c1)CCC2)N1CCC(Oc2ccccc2)CC1. The van der Waals surface area contributed by atoms with Gasteiger partial charge in [-0.15, -0.1) is 0 Å². The lowest BCUT2D eigenvalue weighted by Crippen LogP contribution is -2.41. The first kappa shape index (κ1) is 16.6. The highest BCUT2D eigenvalue weighted by molar-refractivity contribution is 7.89. The van der Waals surface area contributed by atoms with Gasteiger partial charge in [-0.05, 0) is 67.5 Å². The van der Waals surface area contributed by atoms with E-state index in [-0.39, 0.29) is 6.10 Å². The molecule has 1 heterocycles. The Morgan fingerprint density at radius 1 is 0.920 bits per heavy atom. The summed E-state index contributed by atoms with van der Waals surface area (Å²) in [6, 6.07) is 15.4. The van der Waals surface area contributed by atoms with Crippen LogP contribution in [-0.4, -0.2) is 31.9 Å². The van der Waals surface area contributed by atoms with E-state index < -0.39 is 10.0 Å². The predicted octanol–water partition coefficient (Wildman–Crippen LogP) is 3.41. The lowest BCUT2D eigenvalue weighted by molar-refractivity contribution is 0.135. The van der Waals surface area contributed by atoms with E-state index in [0.717, 1.165) is 37.9 Å². The van der Waals surface area contributed by atoms with Crippen molar-refractivity contribution in [2.24, 2.45) is 0 Å². The van der Waals surface area contributed by atoms with E-state index in [4.69, 9.17) is 4.74 Å². The first-order chi connectivity index (χ1) is 12.1. The van der Waals surface area contributed by atoms with E-state index in [0.29, 0.717) is 18.0 Å². The summed E-state index contributed by atoms with van der Waals surface area (Å²) in [4.78, 5) is 0.440. The van der Waals surface area contributed by atoms with E-state index in [1.165, 1.54) is 11.1 Å². The van der Waals surface area contributed by atoms with Gasteiger partial charge in [0, 0.05) is 13.1 Å². The van der Waals surface area contributed by atoms with Gasteiger partial charge in [-0.3, -0.25) is 0 Å². The van der Waals surface area contributed by atoms with Crippen molar-refractivity contribution in [2.45, 2.75) is 43.1 Å². The molecule has 2 aromatic carbocycles. The molecule has 132 valence electrons. The minimum atomic E-state index is -3.40. The van der Waals surface area contributed by atoms with Gasteiger partial charge in [0.1, 0.15) is 11.9 Å². The van der Waals surface area contributed by atoms with Crippen LogP contribution in [0.3, 0.4) is 0 Å². The third-order valence-electron chi connectivity index (χ3n) is 5.15. The minimum Gasteiger partial charge on any atom is -0.490 e. The zero-order valence-electron chi connectivity index (χ0n) is 14.2. The van der Waals surface area contributed by atoms with Crippen LogP contribution in [0.25, 0.3) is 0 Å². The fourth-order valence-corrected chi connectivity index (χ4v) is 5.26. The highest BCUT2D eigenvalue weighted by Gasteiger charge is 2.30. The molecule has 2 aromatic rings.